The molecular weight excluding hydrogens is 210 g/mol. The fraction of sp³-hybridized carbons (Fsp3) is 0.818. The number of ether oxygens (including phenoxy) is 1. The van der Waals surface area contributed by atoms with Crippen molar-refractivity contribution in [2.24, 2.45) is 11.8 Å². The standard InChI is InChI=1S/C11H19NO4/c1-7(2)5-9(11(14)15)12-10(13)8-3-4-16-6-8/h7-9H,3-6H2,1-2H3,(H,12,13)(H,14,15)/t8?,9-/m1/s1. The van der Waals surface area contributed by atoms with Crippen LogP contribution in [0.2, 0.25) is 0 Å². The molecule has 16 heavy (non-hydrogen) atoms. The van der Waals surface area contributed by atoms with Crippen LogP contribution in [0, 0.1) is 11.8 Å². The van der Waals surface area contributed by atoms with Crippen molar-refractivity contribution in [1.82, 2.24) is 5.32 Å². The quantitative estimate of drug-likeness (QED) is 0.725. The third-order valence-electron chi connectivity index (χ3n) is 2.62. The summed E-state index contributed by atoms with van der Waals surface area (Å²) in [7, 11) is 0. The highest BCUT2D eigenvalue weighted by Gasteiger charge is 2.28. The number of carboxylic acids is 1. The van der Waals surface area contributed by atoms with Gasteiger partial charge in [-0.25, -0.2) is 4.79 Å². The van der Waals surface area contributed by atoms with Crippen molar-refractivity contribution in [3.63, 3.8) is 0 Å². The van der Waals surface area contributed by atoms with E-state index in [2.05, 4.69) is 5.32 Å². The van der Waals surface area contributed by atoms with Gasteiger partial charge in [-0.05, 0) is 18.8 Å². The van der Waals surface area contributed by atoms with Crippen LogP contribution in [-0.4, -0.2) is 36.2 Å². The van der Waals surface area contributed by atoms with Crippen LogP contribution in [0.3, 0.4) is 0 Å². The SMILES string of the molecule is CC(C)C[C@@H](NC(=O)C1CCOC1)C(=O)O. The molecule has 0 aliphatic carbocycles. The molecule has 0 aromatic rings. The Hall–Kier alpha value is -1.10. The van der Waals surface area contributed by atoms with Gasteiger partial charge < -0.3 is 15.2 Å². The third kappa shape index (κ3) is 3.81. The van der Waals surface area contributed by atoms with E-state index in [1.54, 1.807) is 0 Å². The van der Waals surface area contributed by atoms with E-state index in [-0.39, 0.29) is 17.7 Å². The molecule has 1 fully saturated rings. The van der Waals surface area contributed by atoms with E-state index >= 15 is 0 Å². The predicted octanol–water partition coefficient (Wildman–Crippen LogP) is 0.638. The Labute approximate surface area is 95.2 Å². The number of amides is 1. The summed E-state index contributed by atoms with van der Waals surface area (Å²) >= 11 is 0. The van der Waals surface area contributed by atoms with E-state index in [0.717, 1.165) is 0 Å². The number of hydrogen-bond acceptors (Lipinski definition) is 3. The van der Waals surface area contributed by atoms with Gasteiger partial charge in [-0.15, -0.1) is 0 Å². The topological polar surface area (TPSA) is 75.6 Å². The monoisotopic (exact) mass is 229 g/mol. The first-order valence-corrected chi connectivity index (χ1v) is 5.61. The van der Waals surface area contributed by atoms with Gasteiger partial charge in [0.15, 0.2) is 0 Å². The summed E-state index contributed by atoms with van der Waals surface area (Å²) in [4.78, 5) is 22.6. The second kappa shape index (κ2) is 5.84. The highest BCUT2D eigenvalue weighted by atomic mass is 16.5. The molecule has 1 unspecified atom stereocenters. The molecule has 0 bridgehead atoms. The van der Waals surface area contributed by atoms with E-state index < -0.39 is 12.0 Å². The van der Waals surface area contributed by atoms with Gasteiger partial charge in [0.05, 0.1) is 12.5 Å². The van der Waals surface area contributed by atoms with Crippen molar-refractivity contribution >= 4 is 11.9 Å². The molecule has 2 N–H and O–H groups in total. The maximum Gasteiger partial charge on any atom is 0.326 e. The molecule has 1 aliphatic rings. The lowest BCUT2D eigenvalue weighted by Crippen LogP contribution is -2.44. The van der Waals surface area contributed by atoms with Crippen LogP contribution in [0.25, 0.3) is 0 Å². The Kier molecular flexibility index (Phi) is 4.73. The first-order valence-electron chi connectivity index (χ1n) is 5.61. The molecule has 1 rings (SSSR count). The van der Waals surface area contributed by atoms with Crippen LogP contribution >= 0.6 is 0 Å². The highest BCUT2D eigenvalue weighted by molar-refractivity contribution is 5.85. The molecule has 5 heteroatoms. The van der Waals surface area contributed by atoms with Crippen molar-refractivity contribution in [2.75, 3.05) is 13.2 Å². The molecule has 1 amide bonds. The average molecular weight is 229 g/mol. The van der Waals surface area contributed by atoms with Crippen LogP contribution in [0.5, 0.6) is 0 Å². The minimum atomic E-state index is -0.971. The Morgan fingerprint density at radius 1 is 1.50 bits per heavy atom. The molecule has 2 atom stereocenters. The molecular formula is C11H19NO4. The van der Waals surface area contributed by atoms with Gasteiger partial charge in [0.2, 0.25) is 5.91 Å². The Morgan fingerprint density at radius 3 is 2.62 bits per heavy atom. The zero-order valence-electron chi connectivity index (χ0n) is 9.73. The van der Waals surface area contributed by atoms with Crippen LogP contribution in [0.1, 0.15) is 26.7 Å². The van der Waals surface area contributed by atoms with Crippen LogP contribution in [-0.2, 0) is 14.3 Å². The molecule has 0 radical (unpaired) electrons. The molecule has 0 aromatic heterocycles. The summed E-state index contributed by atoms with van der Waals surface area (Å²) in [6.45, 7) is 4.85. The predicted molar refractivity (Wildman–Crippen MR) is 57.9 cm³/mol. The number of aliphatic carboxylic acids is 1. The largest absolute Gasteiger partial charge is 0.480 e. The molecule has 1 heterocycles. The highest BCUT2D eigenvalue weighted by Crippen LogP contribution is 2.13. The molecule has 1 aliphatic heterocycles. The lowest BCUT2D eigenvalue weighted by molar-refractivity contribution is -0.143. The molecule has 92 valence electrons. The van der Waals surface area contributed by atoms with Crippen molar-refractivity contribution in [3.8, 4) is 0 Å². The van der Waals surface area contributed by atoms with Gasteiger partial charge in [-0.1, -0.05) is 13.8 Å². The molecule has 0 saturated carbocycles. The lowest BCUT2D eigenvalue weighted by Gasteiger charge is -2.18. The van der Waals surface area contributed by atoms with Crippen LogP contribution in [0.4, 0.5) is 0 Å². The third-order valence-corrected chi connectivity index (χ3v) is 2.62. The second-order valence-electron chi connectivity index (χ2n) is 4.59. The number of nitrogens with one attached hydrogen (secondary N) is 1. The zero-order valence-corrected chi connectivity index (χ0v) is 9.73. The Balaban J connectivity index is 2.47. The number of carbonyl (C=O) groups excluding carboxylic acids is 1. The second-order valence-corrected chi connectivity index (χ2v) is 4.59. The smallest absolute Gasteiger partial charge is 0.326 e. The number of hydrogen-bond donors (Lipinski definition) is 2. The molecule has 1 saturated heterocycles. The first kappa shape index (κ1) is 13.0. The molecule has 0 spiro atoms. The van der Waals surface area contributed by atoms with Gasteiger partial charge in [-0.3, -0.25) is 4.79 Å². The van der Waals surface area contributed by atoms with Crippen LogP contribution < -0.4 is 5.32 Å². The summed E-state index contributed by atoms with van der Waals surface area (Å²) in [6.07, 6.45) is 1.13. The molecule has 5 nitrogen and oxygen atoms in total. The molecule has 0 aromatic carbocycles. The van der Waals surface area contributed by atoms with Gasteiger partial charge in [0.25, 0.3) is 0 Å². The number of rotatable bonds is 5. The summed E-state index contributed by atoms with van der Waals surface area (Å²) in [5.41, 5.74) is 0. The first-order chi connectivity index (χ1) is 7.50. The van der Waals surface area contributed by atoms with E-state index in [0.29, 0.717) is 26.1 Å². The van der Waals surface area contributed by atoms with Crippen molar-refractivity contribution in [1.29, 1.82) is 0 Å². The maximum atomic E-state index is 11.7. The van der Waals surface area contributed by atoms with E-state index in [9.17, 15) is 9.59 Å². The summed E-state index contributed by atoms with van der Waals surface area (Å²) < 4.78 is 5.09. The van der Waals surface area contributed by atoms with Crippen LogP contribution in [0.15, 0.2) is 0 Å². The number of carboxylic acid groups (broad SMARTS) is 1. The minimum Gasteiger partial charge on any atom is -0.480 e. The summed E-state index contributed by atoms with van der Waals surface area (Å²) in [5.74, 6) is -1.12. The van der Waals surface area contributed by atoms with Gasteiger partial charge >= 0.3 is 5.97 Å². The van der Waals surface area contributed by atoms with Gasteiger partial charge in [-0.2, -0.15) is 0 Å². The fourth-order valence-electron chi connectivity index (χ4n) is 1.72. The minimum absolute atomic E-state index is 0.186. The van der Waals surface area contributed by atoms with Crippen molar-refractivity contribution < 1.29 is 19.4 Å². The normalized spacial score (nSPS) is 22.1. The van der Waals surface area contributed by atoms with E-state index in [1.807, 2.05) is 13.8 Å². The number of carbonyl (C=O) groups is 2. The zero-order chi connectivity index (χ0) is 12.1. The Bertz CT molecular complexity index is 259. The van der Waals surface area contributed by atoms with E-state index in [4.69, 9.17) is 9.84 Å². The van der Waals surface area contributed by atoms with Crippen molar-refractivity contribution in [2.45, 2.75) is 32.7 Å². The van der Waals surface area contributed by atoms with Gasteiger partial charge in [0.1, 0.15) is 6.04 Å². The van der Waals surface area contributed by atoms with E-state index in [1.165, 1.54) is 0 Å². The Morgan fingerprint density at radius 2 is 2.19 bits per heavy atom. The average Bonchev–Trinajstić information content (AvgIpc) is 2.68. The summed E-state index contributed by atoms with van der Waals surface area (Å²) in [5, 5.41) is 11.5. The summed E-state index contributed by atoms with van der Waals surface area (Å²) in [6, 6.07) is -0.784. The van der Waals surface area contributed by atoms with Gasteiger partial charge in [0, 0.05) is 6.61 Å². The lowest BCUT2D eigenvalue weighted by atomic mass is 10.0. The van der Waals surface area contributed by atoms with Crippen molar-refractivity contribution in [3.05, 3.63) is 0 Å². The maximum absolute atomic E-state index is 11.7. The fourth-order valence-corrected chi connectivity index (χ4v) is 1.72.